The Morgan fingerprint density at radius 2 is 1.79 bits per heavy atom. The number of rotatable bonds is 2. The summed E-state index contributed by atoms with van der Waals surface area (Å²) in [7, 11) is 0. The van der Waals surface area contributed by atoms with E-state index in [4.69, 9.17) is 0 Å². The quantitative estimate of drug-likeness (QED) is 0.808. The standard InChI is InChI=1S/C14H14N2O3/c1-3-15-9-10(2)12(17)16(14(15)19)13(18)11-7-5-4-6-8-11/h4-9H,3H2,1-2H3. The third-order valence-electron chi connectivity index (χ3n) is 2.89. The van der Waals surface area contributed by atoms with Gasteiger partial charge in [-0.3, -0.25) is 9.59 Å². The third-order valence-corrected chi connectivity index (χ3v) is 2.89. The van der Waals surface area contributed by atoms with Gasteiger partial charge in [0.05, 0.1) is 0 Å². The molecule has 0 saturated carbocycles. The molecule has 1 heterocycles. The summed E-state index contributed by atoms with van der Waals surface area (Å²) in [6.07, 6.45) is 1.47. The van der Waals surface area contributed by atoms with Crippen LogP contribution >= 0.6 is 0 Å². The molecule has 0 fully saturated rings. The SMILES string of the molecule is CCn1cc(C)c(=O)n(C(=O)c2ccccc2)c1=O. The Morgan fingerprint density at radius 1 is 1.16 bits per heavy atom. The lowest BCUT2D eigenvalue weighted by molar-refractivity contribution is 0.0948. The van der Waals surface area contributed by atoms with Crippen molar-refractivity contribution in [3.8, 4) is 0 Å². The minimum absolute atomic E-state index is 0.315. The number of benzene rings is 1. The fourth-order valence-electron chi connectivity index (χ4n) is 1.85. The second-order valence-corrected chi connectivity index (χ2v) is 4.19. The number of carbonyl (C=O) groups is 1. The molecule has 98 valence electrons. The van der Waals surface area contributed by atoms with Crippen LogP contribution in [0.4, 0.5) is 0 Å². The molecule has 0 amide bonds. The van der Waals surface area contributed by atoms with Crippen molar-refractivity contribution in [1.82, 2.24) is 9.13 Å². The third kappa shape index (κ3) is 2.27. The summed E-state index contributed by atoms with van der Waals surface area (Å²) < 4.78 is 2.03. The highest BCUT2D eigenvalue weighted by Gasteiger charge is 2.16. The van der Waals surface area contributed by atoms with Crippen molar-refractivity contribution in [3.63, 3.8) is 0 Å². The maximum atomic E-state index is 12.3. The summed E-state index contributed by atoms with van der Waals surface area (Å²) in [5.74, 6) is -0.596. The molecule has 0 aliphatic heterocycles. The molecule has 0 aliphatic carbocycles. The average Bonchev–Trinajstić information content (AvgIpc) is 2.44. The van der Waals surface area contributed by atoms with Crippen LogP contribution in [0.15, 0.2) is 46.1 Å². The van der Waals surface area contributed by atoms with Crippen LogP contribution in [0, 0.1) is 6.92 Å². The van der Waals surface area contributed by atoms with Crippen LogP contribution in [0.1, 0.15) is 22.8 Å². The van der Waals surface area contributed by atoms with E-state index in [0.29, 0.717) is 22.2 Å². The van der Waals surface area contributed by atoms with Crippen LogP contribution in [0.3, 0.4) is 0 Å². The summed E-state index contributed by atoms with van der Waals surface area (Å²) in [6.45, 7) is 3.77. The van der Waals surface area contributed by atoms with E-state index in [1.807, 2.05) is 0 Å². The van der Waals surface area contributed by atoms with E-state index in [2.05, 4.69) is 0 Å². The minimum atomic E-state index is -0.605. The molecule has 19 heavy (non-hydrogen) atoms. The number of hydrogen-bond acceptors (Lipinski definition) is 3. The maximum Gasteiger partial charge on any atom is 0.338 e. The zero-order valence-corrected chi connectivity index (χ0v) is 10.8. The second kappa shape index (κ2) is 5.06. The van der Waals surface area contributed by atoms with Gasteiger partial charge in [0, 0.05) is 23.9 Å². The molecular formula is C14H14N2O3. The molecule has 0 unspecified atom stereocenters. The van der Waals surface area contributed by atoms with Gasteiger partial charge in [-0.2, -0.15) is 4.57 Å². The Balaban J connectivity index is 2.70. The Bertz CT molecular complexity index is 727. The first-order valence-electron chi connectivity index (χ1n) is 5.99. The van der Waals surface area contributed by atoms with Crippen molar-refractivity contribution in [3.05, 3.63) is 68.5 Å². The number of aryl methyl sites for hydroxylation is 2. The van der Waals surface area contributed by atoms with E-state index in [1.54, 1.807) is 44.2 Å². The van der Waals surface area contributed by atoms with Crippen molar-refractivity contribution in [1.29, 1.82) is 0 Å². The first-order chi connectivity index (χ1) is 9.06. The van der Waals surface area contributed by atoms with Crippen molar-refractivity contribution in [2.75, 3.05) is 0 Å². The molecule has 0 aliphatic rings. The van der Waals surface area contributed by atoms with E-state index in [1.165, 1.54) is 10.8 Å². The van der Waals surface area contributed by atoms with Gasteiger partial charge in [-0.25, -0.2) is 4.79 Å². The van der Waals surface area contributed by atoms with Gasteiger partial charge in [-0.1, -0.05) is 18.2 Å². The molecule has 5 nitrogen and oxygen atoms in total. The largest absolute Gasteiger partial charge is 0.338 e. The highest BCUT2D eigenvalue weighted by molar-refractivity contribution is 5.95. The van der Waals surface area contributed by atoms with Crippen LogP contribution < -0.4 is 11.2 Å². The number of nitrogens with zero attached hydrogens (tertiary/aromatic N) is 2. The molecular weight excluding hydrogens is 244 g/mol. The Hall–Kier alpha value is -2.43. The van der Waals surface area contributed by atoms with E-state index >= 15 is 0 Å². The summed E-state index contributed by atoms with van der Waals surface area (Å²) in [5, 5.41) is 0. The van der Waals surface area contributed by atoms with Crippen molar-refractivity contribution in [2.24, 2.45) is 0 Å². The van der Waals surface area contributed by atoms with E-state index < -0.39 is 17.2 Å². The summed E-state index contributed by atoms with van der Waals surface area (Å²) in [5.41, 5.74) is -0.490. The number of carbonyl (C=O) groups excluding carboxylic acids is 1. The van der Waals surface area contributed by atoms with Crippen LogP contribution in [0.2, 0.25) is 0 Å². The molecule has 1 aromatic carbocycles. The van der Waals surface area contributed by atoms with Gasteiger partial charge in [0.2, 0.25) is 0 Å². The molecule has 0 radical (unpaired) electrons. The van der Waals surface area contributed by atoms with Gasteiger partial charge in [-0.15, -0.1) is 0 Å². The lowest BCUT2D eigenvalue weighted by Crippen LogP contribution is -2.44. The van der Waals surface area contributed by atoms with Crippen molar-refractivity contribution < 1.29 is 4.79 Å². The van der Waals surface area contributed by atoms with Gasteiger partial charge in [0.1, 0.15) is 0 Å². The maximum absolute atomic E-state index is 12.3. The lowest BCUT2D eigenvalue weighted by atomic mass is 10.2. The predicted octanol–water partition coefficient (Wildman–Crippen LogP) is 1.03. The number of hydrogen-bond donors (Lipinski definition) is 0. The summed E-state index contributed by atoms with van der Waals surface area (Å²) >= 11 is 0. The van der Waals surface area contributed by atoms with Gasteiger partial charge in [-0.05, 0) is 26.0 Å². The Kier molecular flexibility index (Phi) is 3.46. The molecule has 5 heteroatoms. The highest BCUT2D eigenvalue weighted by Crippen LogP contribution is 2.00. The topological polar surface area (TPSA) is 61.1 Å². The smallest absolute Gasteiger partial charge is 0.300 e. The fourth-order valence-corrected chi connectivity index (χ4v) is 1.85. The molecule has 0 N–H and O–H groups in total. The highest BCUT2D eigenvalue weighted by atomic mass is 16.2. The summed E-state index contributed by atoms with van der Waals surface area (Å²) in [4.78, 5) is 36.4. The van der Waals surface area contributed by atoms with Crippen LogP contribution in [0.5, 0.6) is 0 Å². The van der Waals surface area contributed by atoms with E-state index in [0.717, 1.165) is 0 Å². The van der Waals surface area contributed by atoms with Crippen LogP contribution in [-0.2, 0) is 6.54 Å². The molecule has 0 atom stereocenters. The van der Waals surface area contributed by atoms with Gasteiger partial charge in [0.15, 0.2) is 0 Å². The second-order valence-electron chi connectivity index (χ2n) is 4.19. The molecule has 1 aromatic heterocycles. The molecule has 2 rings (SSSR count). The number of aromatic nitrogens is 2. The molecule has 0 spiro atoms. The zero-order valence-electron chi connectivity index (χ0n) is 10.8. The molecule has 0 saturated heterocycles. The average molecular weight is 258 g/mol. The summed E-state index contributed by atoms with van der Waals surface area (Å²) in [6, 6.07) is 8.29. The van der Waals surface area contributed by atoms with Gasteiger partial charge < -0.3 is 4.57 Å². The predicted molar refractivity (Wildman–Crippen MR) is 71.5 cm³/mol. The molecule has 0 bridgehead atoms. The molecule has 2 aromatic rings. The monoisotopic (exact) mass is 258 g/mol. The first-order valence-corrected chi connectivity index (χ1v) is 5.99. The zero-order chi connectivity index (χ0) is 14.0. The minimum Gasteiger partial charge on any atom is -0.300 e. The Morgan fingerprint density at radius 3 is 2.37 bits per heavy atom. The lowest BCUT2D eigenvalue weighted by Gasteiger charge is -2.08. The van der Waals surface area contributed by atoms with E-state index in [-0.39, 0.29) is 0 Å². The van der Waals surface area contributed by atoms with E-state index in [9.17, 15) is 14.4 Å². The van der Waals surface area contributed by atoms with Crippen molar-refractivity contribution >= 4 is 5.91 Å². The first kappa shape index (κ1) is 13.0. The van der Waals surface area contributed by atoms with Gasteiger partial charge >= 0.3 is 5.69 Å². The normalized spacial score (nSPS) is 10.4. The van der Waals surface area contributed by atoms with Crippen molar-refractivity contribution in [2.45, 2.75) is 20.4 Å². The Labute approximate surface area is 109 Å². The van der Waals surface area contributed by atoms with Crippen LogP contribution in [0.25, 0.3) is 0 Å². The van der Waals surface area contributed by atoms with Crippen LogP contribution in [-0.4, -0.2) is 15.0 Å². The van der Waals surface area contributed by atoms with Gasteiger partial charge in [0.25, 0.3) is 11.5 Å². The fraction of sp³-hybridized carbons (Fsp3) is 0.214.